The van der Waals surface area contributed by atoms with E-state index in [4.69, 9.17) is 10.8 Å². The zero-order valence-corrected chi connectivity index (χ0v) is 46.2. The van der Waals surface area contributed by atoms with E-state index in [0.29, 0.717) is 63.1 Å². The van der Waals surface area contributed by atoms with Crippen LogP contribution in [0.3, 0.4) is 0 Å². The van der Waals surface area contributed by atoms with Gasteiger partial charge in [0.1, 0.15) is 18.3 Å². The van der Waals surface area contributed by atoms with E-state index in [1.807, 2.05) is 41.5 Å². The van der Waals surface area contributed by atoms with Crippen LogP contribution in [0.25, 0.3) is 0 Å². The number of amides is 6. The third-order valence-corrected chi connectivity index (χ3v) is 12.7. The number of nitrogens with two attached hydrogens (primary N) is 1. The quantitative estimate of drug-likeness (QED) is 0.0326. The van der Waals surface area contributed by atoms with Crippen LogP contribution < -0.4 is 53.9 Å². The molecule has 0 fully saturated rings. The molecule has 25 heteroatoms. The van der Waals surface area contributed by atoms with Gasteiger partial charge in [-0.3, -0.25) is 28.8 Å². The minimum absolute atomic E-state index is 0. The van der Waals surface area contributed by atoms with Crippen molar-refractivity contribution in [2.24, 2.45) is 41.2 Å². The van der Waals surface area contributed by atoms with E-state index < -0.39 is 80.8 Å². The molecule has 2 aromatic carbocycles. The van der Waals surface area contributed by atoms with Crippen LogP contribution in [0, 0.1) is 35.5 Å². The number of carbonyl (C=O) groups excluding carboxylic acids is 6. The van der Waals surface area contributed by atoms with Crippen molar-refractivity contribution in [2.45, 2.75) is 173 Å². The van der Waals surface area contributed by atoms with Crippen LogP contribution in [0.1, 0.15) is 136 Å². The highest BCUT2D eigenvalue weighted by atomic mass is 16.4. The molecular formula is C56H106B2N8O15. The van der Waals surface area contributed by atoms with Gasteiger partial charge in [0.05, 0.1) is 12.7 Å². The molecule has 23 nitrogen and oxygen atoms in total. The summed E-state index contributed by atoms with van der Waals surface area (Å²) in [5.41, 5.74) is 6.69. The summed E-state index contributed by atoms with van der Waals surface area (Å²) < 4.78 is 0. The summed E-state index contributed by atoms with van der Waals surface area (Å²) in [6.45, 7) is 15.4. The molecular weight excluding hydrogens is 1050 g/mol. The standard InChI is InChI=1S/C29H51BN4O10.C23H39BN4O5.4CH4/c1-5-19(28(41)33-17(2)3)13-20(29(42)34-22-9-6-8-21(14-22)30(43)44)12-18(4)27(40)32-11-7-10-31-15-23(36)25(38)26(39)24(37)16-35;1-5-17(22(30)27-15(2)3)13-18(12-16(4)21(29)26-11-7-10-25)23(31)28-20-9-6-8-19(14-20)24(32)33;;;;/h6,8-9,14,17-20,23-26,31,35-39,43-44H,5,7,10-13,15-16H2,1-4H3,(H,32,40)(H,33,41)(H,34,42);6,8-9,14-18,32-33H,5,7,10-13,25H2,1-4H3,(H,26,29)(H,27,30)(H,28,31);4*1H4. The van der Waals surface area contributed by atoms with Gasteiger partial charge in [-0.15, -0.1) is 0 Å². The molecule has 466 valence electrons. The minimum atomic E-state index is -1.71. The fourth-order valence-corrected chi connectivity index (χ4v) is 8.16. The average Bonchev–Trinajstić information content (AvgIpc) is 3.38. The van der Waals surface area contributed by atoms with Crippen molar-refractivity contribution in [1.82, 2.24) is 26.6 Å². The monoisotopic (exact) mass is 1150 g/mol. The number of aliphatic hydroxyl groups excluding tert-OH is 5. The third-order valence-electron chi connectivity index (χ3n) is 12.7. The molecule has 0 heterocycles. The van der Waals surface area contributed by atoms with Crippen LogP contribution >= 0.6 is 0 Å². The van der Waals surface area contributed by atoms with Crippen molar-refractivity contribution in [3.8, 4) is 0 Å². The summed E-state index contributed by atoms with van der Waals surface area (Å²) in [5, 5.41) is 105. The molecule has 0 spiro atoms. The fourth-order valence-electron chi connectivity index (χ4n) is 8.16. The molecule has 0 saturated heterocycles. The summed E-state index contributed by atoms with van der Waals surface area (Å²) >= 11 is 0. The Bertz CT molecular complexity index is 2080. The highest BCUT2D eigenvalue weighted by Crippen LogP contribution is 2.27. The molecule has 10 atom stereocenters. The molecule has 0 bridgehead atoms. The normalized spacial score (nSPS) is 14.4. The number of rotatable bonds is 35. The Morgan fingerprint density at radius 2 is 0.901 bits per heavy atom. The predicted octanol–water partition coefficient (Wildman–Crippen LogP) is 0.318. The number of hydrogen-bond acceptors (Lipinski definition) is 17. The summed E-state index contributed by atoms with van der Waals surface area (Å²) in [6.07, 6.45) is -3.22. The maximum Gasteiger partial charge on any atom is 0.488 e. The van der Waals surface area contributed by atoms with Crippen molar-refractivity contribution in [3.05, 3.63) is 48.5 Å². The molecule has 18 N–H and O–H groups in total. The van der Waals surface area contributed by atoms with Crippen molar-refractivity contribution >= 4 is 72.0 Å². The van der Waals surface area contributed by atoms with Gasteiger partial charge in [-0.05, 0) is 127 Å². The fraction of sp³-hybridized carbons (Fsp3) is 0.679. The van der Waals surface area contributed by atoms with Crippen LogP contribution in [0.15, 0.2) is 48.5 Å². The first-order chi connectivity index (χ1) is 36.3. The molecule has 0 radical (unpaired) electrons. The van der Waals surface area contributed by atoms with Crippen LogP contribution in [-0.4, -0.2) is 171 Å². The Kier molecular flexibility index (Phi) is 45.3. The SMILES string of the molecule is C.C.C.C.CCC(CC(CC(C)C(=O)NCCCN)C(=O)Nc1cccc(B(O)O)c1)C(=O)NC(C)C.CCC(CC(CC(C)C(=O)NCCCNCC(O)C(O)C(O)C(O)CO)C(=O)Nc1cccc(B(O)O)c1)C(=O)NC(C)C. The lowest BCUT2D eigenvalue weighted by atomic mass is 9.80. The lowest BCUT2D eigenvalue weighted by molar-refractivity contribution is -0.130. The van der Waals surface area contributed by atoms with Gasteiger partial charge in [-0.2, -0.15) is 0 Å². The second kappa shape index (κ2) is 44.5. The number of hydrogen-bond donors (Lipinski definition) is 17. The van der Waals surface area contributed by atoms with Crippen molar-refractivity contribution in [2.75, 3.05) is 50.0 Å². The Morgan fingerprint density at radius 1 is 0.519 bits per heavy atom. The highest BCUT2D eigenvalue weighted by Gasteiger charge is 2.33. The van der Waals surface area contributed by atoms with Crippen LogP contribution in [-0.2, 0) is 28.8 Å². The predicted molar refractivity (Wildman–Crippen MR) is 323 cm³/mol. The number of benzene rings is 2. The topological polar surface area (TPSA) is 395 Å². The van der Waals surface area contributed by atoms with E-state index in [9.17, 15) is 69.3 Å². The van der Waals surface area contributed by atoms with Gasteiger partial charge in [0.15, 0.2) is 0 Å². The van der Waals surface area contributed by atoms with Crippen molar-refractivity contribution < 1.29 is 74.4 Å². The van der Waals surface area contributed by atoms with E-state index in [2.05, 4.69) is 37.2 Å². The number of nitrogens with one attached hydrogen (secondary N) is 7. The first-order valence-corrected chi connectivity index (χ1v) is 26.7. The zero-order chi connectivity index (χ0) is 58.4. The molecule has 2 rings (SSSR count). The van der Waals surface area contributed by atoms with Gasteiger partial charge < -0.3 is 88.6 Å². The smallest absolute Gasteiger partial charge is 0.423 e. The Morgan fingerprint density at radius 3 is 1.25 bits per heavy atom. The van der Waals surface area contributed by atoms with Gasteiger partial charge in [-0.25, -0.2) is 0 Å². The molecule has 2 aromatic rings. The van der Waals surface area contributed by atoms with Crippen LogP contribution in [0.5, 0.6) is 0 Å². The molecule has 0 aliphatic heterocycles. The average molecular weight is 1150 g/mol. The van der Waals surface area contributed by atoms with Crippen LogP contribution in [0.2, 0.25) is 0 Å². The number of anilines is 2. The largest absolute Gasteiger partial charge is 0.488 e. The van der Waals surface area contributed by atoms with Gasteiger partial charge in [-0.1, -0.05) is 81.7 Å². The molecule has 10 unspecified atom stereocenters. The molecule has 0 aromatic heterocycles. The maximum atomic E-state index is 13.4. The maximum absolute atomic E-state index is 13.4. The summed E-state index contributed by atoms with van der Waals surface area (Å²) in [6, 6.07) is 12.3. The first-order valence-electron chi connectivity index (χ1n) is 26.7. The molecule has 0 aliphatic carbocycles. The van der Waals surface area contributed by atoms with Gasteiger partial charge >= 0.3 is 14.2 Å². The van der Waals surface area contributed by atoms with Crippen LogP contribution in [0.4, 0.5) is 11.4 Å². The van der Waals surface area contributed by atoms with Gasteiger partial charge in [0, 0.05) is 78.6 Å². The van der Waals surface area contributed by atoms with Gasteiger partial charge in [0.2, 0.25) is 35.4 Å². The highest BCUT2D eigenvalue weighted by molar-refractivity contribution is 6.59. The summed E-state index contributed by atoms with van der Waals surface area (Å²) in [7, 11) is -3.36. The minimum Gasteiger partial charge on any atom is -0.423 e. The lowest BCUT2D eigenvalue weighted by Gasteiger charge is -2.25. The van der Waals surface area contributed by atoms with E-state index in [-0.39, 0.29) is 121 Å². The van der Waals surface area contributed by atoms with E-state index in [1.54, 1.807) is 38.1 Å². The molecule has 0 aliphatic rings. The lowest BCUT2D eigenvalue weighted by Crippen LogP contribution is -2.49. The van der Waals surface area contributed by atoms with Crippen molar-refractivity contribution in [1.29, 1.82) is 0 Å². The van der Waals surface area contributed by atoms with E-state index >= 15 is 0 Å². The zero-order valence-electron chi connectivity index (χ0n) is 46.2. The summed E-state index contributed by atoms with van der Waals surface area (Å²) in [4.78, 5) is 77.3. The second-order valence-electron chi connectivity index (χ2n) is 20.2. The second-order valence-corrected chi connectivity index (χ2v) is 20.2. The van der Waals surface area contributed by atoms with Crippen molar-refractivity contribution in [3.63, 3.8) is 0 Å². The first kappa shape index (κ1) is 82.4. The molecule has 0 saturated carbocycles. The Hall–Kier alpha value is -5.05. The van der Waals surface area contributed by atoms with E-state index in [1.165, 1.54) is 24.3 Å². The Labute approximate surface area is 484 Å². The number of carbonyl (C=O) groups is 6. The summed E-state index contributed by atoms with van der Waals surface area (Å²) in [5.74, 6) is -4.59. The molecule has 81 heavy (non-hydrogen) atoms. The third kappa shape index (κ3) is 32.4. The molecule has 6 amide bonds. The van der Waals surface area contributed by atoms with E-state index in [0.717, 1.165) is 0 Å². The van der Waals surface area contributed by atoms with Gasteiger partial charge in [0.25, 0.3) is 0 Å². The number of aliphatic hydroxyl groups is 5. The Balaban J connectivity index is -0.000000723.